The number of carboxylic acids is 1. The Morgan fingerprint density at radius 2 is 1.53 bits per heavy atom. The predicted molar refractivity (Wildman–Crippen MR) is 140 cm³/mol. The molecule has 0 spiro atoms. The summed E-state index contributed by atoms with van der Waals surface area (Å²) in [5.74, 6) is -1.94. The lowest BCUT2D eigenvalue weighted by Crippen LogP contribution is -2.57. The van der Waals surface area contributed by atoms with Gasteiger partial charge in [0.25, 0.3) is 0 Å². The number of benzene rings is 2. The van der Waals surface area contributed by atoms with Gasteiger partial charge < -0.3 is 24.9 Å². The molecule has 36 heavy (non-hydrogen) atoms. The molecule has 0 saturated heterocycles. The molecule has 1 aliphatic carbocycles. The first-order chi connectivity index (χ1) is 16.8. The average Bonchev–Trinajstić information content (AvgIpc) is 3.12. The third-order valence-electron chi connectivity index (χ3n) is 7.07. The van der Waals surface area contributed by atoms with Crippen molar-refractivity contribution in [3.05, 3.63) is 59.7 Å². The molecule has 2 aromatic carbocycles. The van der Waals surface area contributed by atoms with Crippen molar-refractivity contribution in [2.24, 2.45) is 0 Å². The van der Waals surface area contributed by atoms with Crippen LogP contribution in [0.4, 0.5) is 4.79 Å². The molecule has 9 heteroatoms. The van der Waals surface area contributed by atoms with Gasteiger partial charge in [-0.1, -0.05) is 69.3 Å². The summed E-state index contributed by atoms with van der Waals surface area (Å²) in [6.07, 6.45) is -1.46. The number of fused-ring (bicyclic) bond motifs is 3. The molecule has 0 saturated carbocycles. The van der Waals surface area contributed by atoms with Crippen LogP contribution in [0.25, 0.3) is 11.1 Å². The van der Waals surface area contributed by atoms with Gasteiger partial charge in [0, 0.05) is 5.92 Å². The summed E-state index contributed by atoms with van der Waals surface area (Å²) in [6, 6.07) is 14.9. The fourth-order valence-electron chi connectivity index (χ4n) is 4.15. The Balaban J connectivity index is 1.73. The van der Waals surface area contributed by atoms with E-state index in [2.05, 4.69) is 43.5 Å². The van der Waals surface area contributed by atoms with Crippen molar-refractivity contribution in [1.82, 2.24) is 10.6 Å². The predicted octanol–water partition coefficient (Wildman–Crippen LogP) is 4.50. The minimum absolute atomic E-state index is 0.0980. The van der Waals surface area contributed by atoms with Crippen LogP contribution in [0, 0.1) is 0 Å². The Morgan fingerprint density at radius 1 is 1.00 bits per heavy atom. The minimum atomic E-state index is -2.28. The highest BCUT2D eigenvalue weighted by atomic mass is 28.4. The third kappa shape index (κ3) is 6.14. The van der Waals surface area contributed by atoms with Gasteiger partial charge in [-0.3, -0.25) is 9.59 Å². The fraction of sp³-hybridized carbons (Fsp3) is 0.444. The van der Waals surface area contributed by atoms with Gasteiger partial charge >= 0.3 is 12.1 Å². The van der Waals surface area contributed by atoms with Crippen LogP contribution in [0.1, 0.15) is 44.7 Å². The molecule has 2 amide bonds. The molecule has 0 heterocycles. The second-order valence-corrected chi connectivity index (χ2v) is 15.4. The van der Waals surface area contributed by atoms with Gasteiger partial charge in [-0.25, -0.2) is 4.79 Å². The number of rotatable bonds is 9. The van der Waals surface area contributed by atoms with Gasteiger partial charge in [-0.15, -0.1) is 0 Å². The topological polar surface area (TPSA) is 114 Å². The maximum Gasteiger partial charge on any atom is 0.407 e. The Bertz CT molecular complexity index is 1080. The van der Waals surface area contributed by atoms with E-state index in [1.165, 1.54) is 0 Å². The van der Waals surface area contributed by atoms with Crippen LogP contribution in [0.3, 0.4) is 0 Å². The minimum Gasteiger partial charge on any atom is -0.480 e. The number of carbonyl (C=O) groups is 3. The molecule has 0 aliphatic heterocycles. The van der Waals surface area contributed by atoms with E-state index in [-0.39, 0.29) is 17.6 Å². The maximum absolute atomic E-state index is 12.9. The molecule has 3 N–H and O–H groups in total. The molecule has 8 nitrogen and oxygen atoms in total. The van der Waals surface area contributed by atoms with E-state index >= 15 is 0 Å². The number of carboxylic acid groups (broad SMARTS) is 1. The zero-order valence-electron chi connectivity index (χ0n) is 21.8. The monoisotopic (exact) mass is 512 g/mol. The summed E-state index contributed by atoms with van der Waals surface area (Å²) in [6.45, 7) is 11.6. The number of carbonyl (C=O) groups excluding carboxylic acids is 2. The first-order valence-electron chi connectivity index (χ1n) is 12.1. The van der Waals surface area contributed by atoms with Crippen LogP contribution in [-0.2, 0) is 18.8 Å². The van der Waals surface area contributed by atoms with Crippen molar-refractivity contribution in [2.45, 2.75) is 63.9 Å². The number of hydrogen-bond acceptors (Lipinski definition) is 5. The third-order valence-corrected chi connectivity index (χ3v) is 11.6. The lowest BCUT2D eigenvalue weighted by atomic mass is 9.98. The highest BCUT2D eigenvalue weighted by molar-refractivity contribution is 6.74. The van der Waals surface area contributed by atoms with E-state index in [9.17, 15) is 14.4 Å². The highest BCUT2D eigenvalue weighted by Crippen LogP contribution is 2.44. The molecule has 1 aliphatic rings. The highest BCUT2D eigenvalue weighted by Gasteiger charge is 2.41. The summed E-state index contributed by atoms with van der Waals surface area (Å²) in [5, 5.41) is 13.8. The van der Waals surface area contributed by atoms with Crippen LogP contribution in [0.5, 0.6) is 0 Å². The average molecular weight is 513 g/mol. The Morgan fingerprint density at radius 3 is 2.03 bits per heavy atom. The van der Waals surface area contributed by atoms with Gasteiger partial charge in [-0.2, -0.15) is 0 Å². The van der Waals surface area contributed by atoms with Crippen LogP contribution >= 0.6 is 0 Å². The van der Waals surface area contributed by atoms with Crippen LogP contribution < -0.4 is 10.6 Å². The number of hydrogen-bond donors (Lipinski definition) is 3. The SMILES string of the molecule is C[C@H](O[Si](C)(C)C(C)(C)C)[C@H](NC(=O)OCC1c2ccccc2-c2ccccc21)C(=O)NCC(=O)O. The molecule has 0 aromatic heterocycles. The largest absolute Gasteiger partial charge is 0.480 e. The summed E-state index contributed by atoms with van der Waals surface area (Å²) < 4.78 is 11.9. The fourth-order valence-corrected chi connectivity index (χ4v) is 5.56. The molecule has 194 valence electrons. The lowest BCUT2D eigenvalue weighted by Gasteiger charge is -2.40. The molecule has 0 radical (unpaired) electrons. The first kappa shape index (κ1) is 27.4. The Hall–Kier alpha value is -3.17. The van der Waals surface area contributed by atoms with Crippen molar-refractivity contribution < 1.29 is 28.7 Å². The standard InChI is InChI=1S/C27H36N2O6Si/c1-17(35-36(5,6)27(2,3)4)24(25(32)28-15-23(30)31)29-26(33)34-16-22-20-13-9-7-11-18(20)19-12-8-10-14-21(19)22/h7-14,17,22,24H,15-16H2,1-6H3,(H,28,32)(H,29,33)(H,30,31)/t17-,24-/m0/s1. The quantitative estimate of drug-likeness (QED) is 0.426. The molecular weight excluding hydrogens is 476 g/mol. The summed E-state index contributed by atoms with van der Waals surface area (Å²) in [4.78, 5) is 36.7. The summed E-state index contributed by atoms with van der Waals surface area (Å²) >= 11 is 0. The maximum atomic E-state index is 12.9. The van der Waals surface area contributed by atoms with Gasteiger partial charge in [0.05, 0.1) is 6.10 Å². The number of amides is 2. The molecular formula is C27H36N2O6Si. The van der Waals surface area contributed by atoms with E-state index < -0.39 is 45.0 Å². The summed E-state index contributed by atoms with van der Waals surface area (Å²) in [5.41, 5.74) is 4.39. The normalized spacial score (nSPS) is 14.8. The molecule has 0 unspecified atom stereocenters. The van der Waals surface area contributed by atoms with E-state index in [4.69, 9.17) is 14.3 Å². The number of aliphatic carboxylic acids is 1. The van der Waals surface area contributed by atoms with E-state index in [1.807, 2.05) is 49.5 Å². The zero-order chi connectivity index (χ0) is 26.7. The van der Waals surface area contributed by atoms with Gasteiger partial charge in [0.15, 0.2) is 8.32 Å². The molecule has 0 bridgehead atoms. The van der Waals surface area contributed by atoms with Gasteiger partial charge in [0.2, 0.25) is 5.91 Å². The lowest BCUT2D eigenvalue weighted by molar-refractivity contribution is -0.138. The smallest absolute Gasteiger partial charge is 0.407 e. The summed E-state index contributed by atoms with van der Waals surface area (Å²) in [7, 11) is -2.28. The van der Waals surface area contributed by atoms with Crippen LogP contribution in [0.15, 0.2) is 48.5 Å². The van der Waals surface area contributed by atoms with Crippen molar-refractivity contribution in [2.75, 3.05) is 13.2 Å². The molecule has 3 rings (SSSR count). The number of ether oxygens (including phenoxy) is 1. The van der Waals surface area contributed by atoms with Crippen LogP contribution in [0.2, 0.25) is 18.1 Å². The van der Waals surface area contributed by atoms with E-state index in [0.717, 1.165) is 22.3 Å². The zero-order valence-corrected chi connectivity index (χ0v) is 22.8. The number of alkyl carbamates (subject to hydrolysis) is 1. The van der Waals surface area contributed by atoms with E-state index in [0.29, 0.717) is 0 Å². The first-order valence-corrected chi connectivity index (χ1v) is 15.0. The second-order valence-electron chi connectivity index (χ2n) is 10.6. The molecule has 2 aromatic rings. The van der Waals surface area contributed by atoms with Gasteiger partial charge in [0.1, 0.15) is 19.2 Å². The van der Waals surface area contributed by atoms with Crippen molar-refractivity contribution in [1.29, 1.82) is 0 Å². The Labute approximate surface area is 213 Å². The Kier molecular flexibility index (Phi) is 8.25. The molecule has 2 atom stereocenters. The molecule has 0 fully saturated rings. The van der Waals surface area contributed by atoms with E-state index in [1.54, 1.807) is 6.92 Å². The van der Waals surface area contributed by atoms with Crippen molar-refractivity contribution in [3.63, 3.8) is 0 Å². The number of nitrogens with one attached hydrogen (secondary N) is 2. The van der Waals surface area contributed by atoms with Crippen molar-refractivity contribution in [3.8, 4) is 11.1 Å². The van der Waals surface area contributed by atoms with Crippen molar-refractivity contribution >= 4 is 26.3 Å². The second kappa shape index (κ2) is 10.8. The van der Waals surface area contributed by atoms with Crippen LogP contribution in [-0.4, -0.2) is 56.7 Å². The van der Waals surface area contributed by atoms with Gasteiger partial charge in [-0.05, 0) is 47.3 Å².